The molecule has 118 valence electrons. The lowest BCUT2D eigenvalue weighted by molar-refractivity contribution is 1.18. The molecule has 1 heterocycles. The van der Waals surface area contributed by atoms with E-state index in [4.69, 9.17) is 17.3 Å². The van der Waals surface area contributed by atoms with Crippen LogP contribution in [0.4, 0.5) is 5.69 Å². The van der Waals surface area contributed by atoms with Gasteiger partial charge in [-0.3, -0.25) is 0 Å². The summed E-state index contributed by atoms with van der Waals surface area (Å²) in [5.41, 5.74) is 9.98. The van der Waals surface area contributed by atoms with E-state index in [9.17, 15) is 0 Å². The van der Waals surface area contributed by atoms with Gasteiger partial charge in [-0.15, -0.1) is 11.6 Å². The minimum atomic E-state index is 0.231. The smallest absolute Gasteiger partial charge is 0.115 e. The van der Waals surface area contributed by atoms with Crippen molar-refractivity contribution in [2.45, 2.75) is 0 Å². The van der Waals surface area contributed by atoms with Gasteiger partial charge in [0.15, 0.2) is 0 Å². The summed E-state index contributed by atoms with van der Waals surface area (Å²) in [4.78, 5) is 4.28. The third kappa shape index (κ3) is 2.43. The van der Waals surface area contributed by atoms with Crippen molar-refractivity contribution < 1.29 is 0 Å². The molecule has 2 N–H and O–H groups in total. The summed E-state index contributed by atoms with van der Waals surface area (Å²) >= 11 is 5.69. The van der Waals surface area contributed by atoms with E-state index in [2.05, 4.69) is 70.2 Å². The third-order valence-electron chi connectivity index (χ3n) is 4.10. The van der Waals surface area contributed by atoms with Crippen LogP contribution in [0.25, 0.3) is 27.5 Å². The van der Waals surface area contributed by atoms with Gasteiger partial charge in [0, 0.05) is 16.5 Å². The topological polar surface area (TPSA) is 43.3 Å². The number of alkyl halides is 1. The van der Waals surface area contributed by atoms with Crippen LogP contribution in [0.5, 0.6) is 0 Å². The van der Waals surface area contributed by atoms with E-state index in [1.807, 2.05) is 12.1 Å². The molecule has 0 radical (unpaired) electrons. The molecule has 3 nitrogen and oxygen atoms in total. The Labute approximate surface area is 145 Å². The van der Waals surface area contributed by atoms with Gasteiger partial charge in [-0.2, -0.15) is 0 Å². The number of amidine groups is 1. The van der Waals surface area contributed by atoms with Gasteiger partial charge in [-0.1, -0.05) is 36.4 Å². The van der Waals surface area contributed by atoms with Gasteiger partial charge in [0.05, 0.1) is 22.6 Å². The predicted octanol–water partition coefficient (Wildman–Crippen LogP) is 5.01. The van der Waals surface area contributed by atoms with E-state index in [-0.39, 0.29) is 5.88 Å². The molecule has 0 amide bonds. The van der Waals surface area contributed by atoms with Gasteiger partial charge in [-0.25, -0.2) is 4.99 Å². The molecule has 4 aromatic rings. The number of benzene rings is 3. The van der Waals surface area contributed by atoms with E-state index in [1.54, 1.807) is 0 Å². The zero-order chi connectivity index (χ0) is 16.5. The largest absolute Gasteiger partial charge is 0.386 e. The standard InChI is InChI=1S/C20H16ClN3/c21-13-20(22)23-14-9-11-15(12-10-14)24-18-7-3-1-5-16(18)17-6-2-4-8-19(17)24/h1-12H,13H2,(H2,22,23). The average Bonchev–Trinajstić information content (AvgIpc) is 2.97. The molecule has 0 spiro atoms. The quantitative estimate of drug-likeness (QED) is 0.319. The number of aromatic nitrogens is 1. The number of rotatable bonds is 3. The fraction of sp³-hybridized carbons (Fsp3) is 0.0500. The summed E-state index contributed by atoms with van der Waals surface area (Å²) in [5, 5.41) is 2.50. The minimum absolute atomic E-state index is 0.231. The Kier molecular flexibility index (Phi) is 3.71. The van der Waals surface area contributed by atoms with Crippen LogP contribution in [0.3, 0.4) is 0 Å². The maximum Gasteiger partial charge on any atom is 0.115 e. The molecule has 24 heavy (non-hydrogen) atoms. The van der Waals surface area contributed by atoms with Crippen LogP contribution >= 0.6 is 11.6 Å². The van der Waals surface area contributed by atoms with Crippen molar-refractivity contribution in [3.05, 3.63) is 72.8 Å². The van der Waals surface area contributed by atoms with Gasteiger partial charge in [0.25, 0.3) is 0 Å². The summed E-state index contributed by atoms with van der Waals surface area (Å²) in [7, 11) is 0. The van der Waals surface area contributed by atoms with Crippen molar-refractivity contribution in [3.8, 4) is 5.69 Å². The van der Waals surface area contributed by atoms with Gasteiger partial charge in [-0.05, 0) is 36.4 Å². The first-order chi connectivity index (χ1) is 11.8. The molecular weight excluding hydrogens is 318 g/mol. The number of fused-ring (bicyclic) bond motifs is 3. The molecule has 0 aliphatic carbocycles. The highest BCUT2D eigenvalue weighted by atomic mass is 35.5. The molecule has 3 aromatic carbocycles. The number of hydrogen-bond acceptors (Lipinski definition) is 1. The van der Waals surface area contributed by atoms with E-state index in [0.717, 1.165) is 11.4 Å². The monoisotopic (exact) mass is 333 g/mol. The van der Waals surface area contributed by atoms with Crippen LogP contribution in [-0.4, -0.2) is 16.3 Å². The predicted molar refractivity (Wildman–Crippen MR) is 103 cm³/mol. The first kappa shape index (κ1) is 14.8. The summed E-state index contributed by atoms with van der Waals surface area (Å²) in [6, 6.07) is 24.9. The van der Waals surface area contributed by atoms with Crippen LogP contribution in [0, 0.1) is 0 Å². The minimum Gasteiger partial charge on any atom is -0.386 e. The Balaban J connectivity index is 1.92. The Morgan fingerprint density at radius 3 is 1.92 bits per heavy atom. The number of para-hydroxylation sites is 2. The molecule has 1 aromatic heterocycles. The summed E-state index contributed by atoms with van der Waals surface area (Å²) < 4.78 is 2.27. The van der Waals surface area contributed by atoms with Crippen LogP contribution in [0.15, 0.2) is 77.8 Å². The molecule has 0 aliphatic heterocycles. The first-order valence-corrected chi connectivity index (χ1v) is 8.29. The lowest BCUT2D eigenvalue weighted by atomic mass is 10.2. The highest BCUT2D eigenvalue weighted by Crippen LogP contribution is 2.32. The van der Waals surface area contributed by atoms with Gasteiger partial charge in [0.1, 0.15) is 5.84 Å². The lowest BCUT2D eigenvalue weighted by Crippen LogP contribution is -2.12. The number of hydrogen-bond donors (Lipinski definition) is 1. The number of aliphatic imine (C=N–C) groups is 1. The zero-order valence-corrected chi connectivity index (χ0v) is 13.7. The number of halogens is 1. The Bertz CT molecular complexity index is 992. The van der Waals surface area contributed by atoms with Gasteiger partial charge < -0.3 is 10.3 Å². The maximum absolute atomic E-state index is 5.70. The van der Waals surface area contributed by atoms with Gasteiger partial charge in [0.2, 0.25) is 0 Å². The Hall–Kier alpha value is -2.78. The van der Waals surface area contributed by atoms with E-state index >= 15 is 0 Å². The second kappa shape index (κ2) is 6.02. The number of nitrogens with zero attached hydrogens (tertiary/aromatic N) is 2. The van der Waals surface area contributed by atoms with Crippen molar-refractivity contribution in [3.63, 3.8) is 0 Å². The zero-order valence-electron chi connectivity index (χ0n) is 13.0. The van der Waals surface area contributed by atoms with E-state index < -0.39 is 0 Å². The van der Waals surface area contributed by atoms with Crippen molar-refractivity contribution >= 4 is 44.9 Å². The molecular formula is C20H16ClN3. The fourth-order valence-electron chi connectivity index (χ4n) is 3.07. The molecule has 0 bridgehead atoms. The van der Waals surface area contributed by atoms with Crippen molar-refractivity contribution in [1.29, 1.82) is 0 Å². The molecule has 0 atom stereocenters. The van der Waals surface area contributed by atoms with Crippen LogP contribution in [0.1, 0.15) is 0 Å². The first-order valence-electron chi connectivity index (χ1n) is 7.75. The maximum atomic E-state index is 5.70. The Morgan fingerprint density at radius 1 is 0.833 bits per heavy atom. The SMILES string of the molecule is NC(CCl)=Nc1ccc(-n2c3ccccc3c3ccccc32)cc1. The summed E-state index contributed by atoms with van der Waals surface area (Å²) in [6.45, 7) is 0. The second-order valence-corrected chi connectivity index (χ2v) is 5.89. The fourth-order valence-corrected chi connectivity index (χ4v) is 3.13. The van der Waals surface area contributed by atoms with Crippen LogP contribution in [-0.2, 0) is 0 Å². The Morgan fingerprint density at radius 2 is 1.38 bits per heavy atom. The van der Waals surface area contributed by atoms with Crippen LogP contribution < -0.4 is 5.73 Å². The molecule has 4 rings (SSSR count). The molecule has 0 aliphatic rings. The molecule has 0 saturated heterocycles. The van der Waals surface area contributed by atoms with Crippen molar-refractivity contribution in [1.82, 2.24) is 4.57 Å². The normalized spacial score (nSPS) is 12.1. The summed E-state index contributed by atoms with van der Waals surface area (Å²) in [5.74, 6) is 0.649. The van der Waals surface area contributed by atoms with E-state index in [1.165, 1.54) is 21.8 Å². The summed E-state index contributed by atoms with van der Waals surface area (Å²) in [6.07, 6.45) is 0. The molecule has 0 fully saturated rings. The second-order valence-electron chi connectivity index (χ2n) is 5.62. The molecule has 0 unspecified atom stereocenters. The van der Waals surface area contributed by atoms with Gasteiger partial charge >= 0.3 is 0 Å². The van der Waals surface area contributed by atoms with E-state index in [0.29, 0.717) is 5.84 Å². The molecule has 0 saturated carbocycles. The van der Waals surface area contributed by atoms with Crippen LogP contribution in [0.2, 0.25) is 0 Å². The lowest BCUT2D eigenvalue weighted by Gasteiger charge is -2.08. The van der Waals surface area contributed by atoms with Crippen molar-refractivity contribution in [2.24, 2.45) is 10.7 Å². The number of nitrogens with two attached hydrogens (primary N) is 1. The molecule has 4 heteroatoms. The highest BCUT2D eigenvalue weighted by molar-refractivity contribution is 6.28. The third-order valence-corrected chi connectivity index (χ3v) is 4.37. The highest BCUT2D eigenvalue weighted by Gasteiger charge is 2.10. The average molecular weight is 334 g/mol. The van der Waals surface area contributed by atoms with Crippen molar-refractivity contribution in [2.75, 3.05) is 5.88 Å².